The van der Waals surface area contributed by atoms with Crippen molar-refractivity contribution in [1.82, 2.24) is 4.31 Å². The van der Waals surface area contributed by atoms with Crippen LogP contribution in [0.5, 0.6) is 5.75 Å². The Morgan fingerprint density at radius 2 is 2.05 bits per heavy atom. The van der Waals surface area contributed by atoms with E-state index in [-0.39, 0.29) is 29.9 Å². The van der Waals surface area contributed by atoms with Crippen molar-refractivity contribution in [2.45, 2.75) is 30.6 Å². The fourth-order valence-corrected chi connectivity index (χ4v) is 3.92. The number of alkyl halides is 3. The van der Waals surface area contributed by atoms with Gasteiger partial charge in [-0.25, -0.2) is 8.42 Å². The fraction of sp³-hybridized carbons (Fsp3) is 0.538. The van der Waals surface area contributed by atoms with Gasteiger partial charge in [-0.3, -0.25) is 0 Å². The molecule has 0 saturated carbocycles. The molecule has 1 aromatic carbocycles. The van der Waals surface area contributed by atoms with Crippen molar-refractivity contribution in [2.75, 3.05) is 13.1 Å². The minimum absolute atomic E-state index is 0.0156. The number of benzene rings is 1. The lowest BCUT2D eigenvalue weighted by Crippen LogP contribution is -2.48. The Hall–Kier alpha value is -1.32. The van der Waals surface area contributed by atoms with E-state index in [1.165, 1.54) is 16.4 Å². The van der Waals surface area contributed by atoms with Gasteiger partial charge in [-0.05, 0) is 24.5 Å². The monoisotopic (exact) mass is 338 g/mol. The van der Waals surface area contributed by atoms with Gasteiger partial charge in [0.05, 0.1) is 4.90 Å². The summed E-state index contributed by atoms with van der Waals surface area (Å²) in [4.78, 5) is -0.225. The van der Waals surface area contributed by atoms with Crippen LogP contribution in [0.15, 0.2) is 29.2 Å². The van der Waals surface area contributed by atoms with Crippen LogP contribution in [0.25, 0.3) is 0 Å². The second kappa shape index (κ2) is 6.05. The van der Waals surface area contributed by atoms with Crippen molar-refractivity contribution in [3.63, 3.8) is 0 Å². The SMILES string of the molecule is CC1CN(S(=O)(=O)c2cccc(OC(F)(F)F)c2)CCC1N. The van der Waals surface area contributed by atoms with Crippen molar-refractivity contribution in [3.8, 4) is 5.75 Å². The molecular weight excluding hydrogens is 321 g/mol. The molecule has 9 heteroatoms. The average Bonchev–Trinajstić information content (AvgIpc) is 2.40. The third kappa shape index (κ3) is 3.90. The first-order valence-corrected chi connectivity index (χ1v) is 8.15. The summed E-state index contributed by atoms with van der Waals surface area (Å²) in [5.74, 6) is -0.575. The highest BCUT2D eigenvalue weighted by molar-refractivity contribution is 7.89. The summed E-state index contributed by atoms with van der Waals surface area (Å²) in [5.41, 5.74) is 5.85. The molecule has 124 valence electrons. The Kier molecular flexibility index (Phi) is 4.69. The number of hydrogen-bond acceptors (Lipinski definition) is 4. The molecule has 1 aliphatic heterocycles. The van der Waals surface area contributed by atoms with E-state index in [0.717, 1.165) is 12.1 Å². The molecule has 1 fully saturated rings. The zero-order valence-electron chi connectivity index (χ0n) is 11.9. The smallest absolute Gasteiger partial charge is 0.406 e. The number of rotatable bonds is 3. The summed E-state index contributed by atoms with van der Waals surface area (Å²) < 4.78 is 66.7. The molecule has 2 N–H and O–H groups in total. The van der Waals surface area contributed by atoms with Gasteiger partial charge in [0.15, 0.2) is 0 Å². The lowest BCUT2D eigenvalue weighted by Gasteiger charge is -2.34. The van der Waals surface area contributed by atoms with Crippen molar-refractivity contribution >= 4 is 10.0 Å². The third-order valence-electron chi connectivity index (χ3n) is 3.61. The maximum absolute atomic E-state index is 12.5. The van der Waals surface area contributed by atoms with E-state index in [4.69, 9.17) is 5.73 Å². The van der Waals surface area contributed by atoms with Gasteiger partial charge in [-0.1, -0.05) is 13.0 Å². The Labute approximate surface area is 126 Å². The van der Waals surface area contributed by atoms with Crippen molar-refractivity contribution < 1.29 is 26.3 Å². The number of piperidine rings is 1. The summed E-state index contributed by atoms with van der Waals surface area (Å²) in [5, 5.41) is 0. The van der Waals surface area contributed by atoms with Gasteiger partial charge >= 0.3 is 6.36 Å². The lowest BCUT2D eigenvalue weighted by molar-refractivity contribution is -0.274. The number of sulfonamides is 1. The highest BCUT2D eigenvalue weighted by atomic mass is 32.2. The minimum atomic E-state index is -4.87. The highest BCUT2D eigenvalue weighted by Gasteiger charge is 2.34. The highest BCUT2D eigenvalue weighted by Crippen LogP contribution is 2.28. The molecule has 5 nitrogen and oxygen atoms in total. The summed E-state index contributed by atoms with van der Waals surface area (Å²) in [6, 6.07) is 4.32. The molecule has 0 aliphatic carbocycles. The molecular formula is C13H17F3N2O3S. The first-order valence-electron chi connectivity index (χ1n) is 6.71. The zero-order valence-corrected chi connectivity index (χ0v) is 12.7. The van der Waals surface area contributed by atoms with Gasteiger partial charge < -0.3 is 10.5 Å². The normalized spacial score (nSPS) is 24.2. The van der Waals surface area contributed by atoms with E-state index in [1.807, 2.05) is 6.92 Å². The van der Waals surface area contributed by atoms with Crippen LogP contribution in [0.2, 0.25) is 0 Å². The number of nitrogens with two attached hydrogens (primary N) is 1. The Morgan fingerprint density at radius 1 is 1.36 bits per heavy atom. The van der Waals surface area contributed by atoms with Crippen molar-refractivity contribution in [2.24, 2.45) is 11.7 Å². The molecule has 22 heavy (non-hydrogen) atoms. The van der Waals surface area contributed by atoms with Gasteiger partial charge in [0.2, 0.25) is 10.0 Å². The summed E-state index contributed by atoms with van der Waals surface area (Å²) in [6.45, 7) is 2.33. The van der Waals surface area contributed by atoms with E-state index in [1.54, 1.807) is 0 Å². The number of ether oxygens (including phenoxy) is 1. The van der Waals surface area contributed by atoms with E-state index >= 15 is 0 Å². The largest absolute Gasteiger partial charge is 0.573 e. The number of hydrogen-bond donors (Lipinski definition) is 1. The molecule has 1 heterocycles. The van der Waals surface area contributed by atoms with Crippen LogP contribution in [0.3, 0.4) is 0 Å². The topological polar surface area (TPSA) is 72.6 Å². The van der Waals surface area contributed by atoms with Gasteiger partial charge in [0.25, 0.3) is 0 Å². The molecule has 0 aromatic heterocycles. The van der Waals surface area contributed by atoms with Crippen LogP contribution in [0, 0.1) is 5.92 Å². The standard InChI is InChI=1S/C13H17F3N2O3S/c1-9-8-18(6-5-12(9)17)22(19,20)11-4-2-3-10(7-11)21-13(14,15)16/h2-4,7,9,12H,5-6,8,17H2,1H3. The van der Waals surface area contributed by atoms with E-state index in [9.17, 15) is 21.6 Å². The first-order chi connectivity index (χ1) is 10.1. The van der Waals surface area contributed by atoms with Crippen LogP contribution in [-0.2, 0) is 10.0 Å². The molecule has 0 radical (unpaired) electrons. The maximum atomic E-state index is 12.5. The molecule has 2 atom stereocenters. The van der Waals surface area contributed by atoms with Crippen molar-refractivity contribution in [3.05, 3.63) is 24.3 Å². The molecule has 0 spiro atoms. The third-order valence-corrected chi connectivity index (χ3v) is 5.47. The minimum Gasteiger partial charge on any atom is -0.406 e. The van der Waals surface area contributed by atoms with Crippen LogP contribution in [0.4, 0.5) is 13.2 Å². The molecule has 0 bridgehead atoms. The van der Waals surface area contributed by atoms with Gasteiger partial charge in [-0.15, -0.1) is 13.2 Å². The lowest BCUT2D eigenvalue weighted by atomic mass is 9.96. The van der Waals surface area contributed by atoms with Crippen LogP contribution < -0.4 is 10.5 Å². The number of nitrogens with zero attached hydrogens (tertiary/aromatic N) is 1. The number of halogens is 3. The predicted molar refractivity (Wildman–Crippen MR) is 73.6 cm³/mol. The van der Waals surface area contributed by atoms with Crippen LogP contribution in [-0.4, -0.2) is 38.2 Å². The van der Waals surface area contributed by atoms with Crippen molar-refractivity contribution in [1.29, 1.82) is 0 Å². The predicted octanol–water partition coefficient (Wildman–Crippen LogP) is 1.94. The molecule has 0 amide bonds. The van der Waals surface area contributed by atoms with E-state index in [0.29, 0.717) is 6.42 Å². The Balaban J connectivity index is 2.24. The second-order valence-electron chi connectivity index (χ2n) is 5.32. The summed E-state index contributed by atoms with van der Waals surface area (Å²) in [6.07, 6.45) is -4.35. The molecule has 1 aromatic rings. The van der Waals surface area contributed by atoms with Gasteiger partial charge in [0, 0.05) is 25.2 Å². The van der Waals surface area contributed by atoms with E-state index in [2.05, 4.69) is 4.74 Å². The van der Waals surface area contributed by atoms with Gasteiger partial charge in [0.1, 0.15) is 5.75 Å². The van der Waals surface area contributed by atoms with Gasteiger partial charge in [-0.2, -0.15) is 4.31 Å². The average molecular weight is 338 g/mol. The Morgan fingerprint density at radius 3 is 2.64 bits per heavy atom. The molecule has 2 unspecified atom stereocenters. The quantitative estimate of drug-likeness (QED) is 0.914. The maximum Gasteiger partial charge on any atom is 0.573 e. The first kappa shape index (κ1) is 17.0. The second-order valence-corrected chi connectivity index (χ2v) is 7.25. The fourth-order valence-electron chi connectivity index (χ4n) is 2.32. The molecule has 1 saturated heterocycles. The van der Waals surface area contributed by atoms with Crippen LogP contribution in [0.1, 0.15) is 13.3 Å². The summed E-state index contributed by atoms with van der Waals surface area (Å²) in [7, 11) is -3.87. The molecule has 1 aliphatic rings. The molecule has 2 rings (SSSR count). The van der Waals surface area contributed by atoms with E-state index < -0.39 is 22.1 Å². The van der Waals surface area contributed by atoms with Crippen LogP contribution >= 0.6 is 0 Å². The zero-order chi connectivity index (χ0) is 16.5. The summed E-state index contributed by atoms with van der Waals surface area (Å²) >= 11 is 0. The Bertz CT molecular complexity index is 634.